The Morgan fingerprint density at radius 1 is 1.44 bits per heavy atom. The van der Waals surface area contributed by atoms with E-state index in [-0.39, 0.29) is 0 Å². The fourth-order valence-electron chi connectivity index (χ4n) is 2.17. The Morgan fingerprint density at radius 2 is 2.22 bits per heavy atom. The minimum Gasteiger partial charge on any atom is -0.373 e. The number of aromatic nitrogens is 3. The van der Waals surface area contributed by atoms with Crippen molar-refractivity contribution in [3.8, 4) is 0 Å². The van der Waals surface area contributed by atoms with Crippen molar-refractivity contribution in [3.63, 3.8) is 0 Å². The molecule has 2 heterocycles. The van der Waals surface area contributed by atoms with Crippen LogP contribution in [0, 0.1) is 5.92 Å². The summed E-state index contributed by atoms with van der Waals surface area (Å²) in [6, 6.07) is 0. The molecule has 1 aromatic rings. The summed E-state index contributed by atoms with van der Waals surface area (Å²) in [7, 11) is 0. The molecule has 6 heteroatoms. The third-order valence-corrected chi connectivity index (χ3v) is 3.34. The van der Waals surface area contributed by atoms with Crippen LogP contribution in [-0.2, 0) is 11.3 Å². The molecule has 18 heavy (non-hydrogen) atoms. The van der Waals surface area contributed by atoms with Crippen LogP contribution in [0.3, 0.4) is 0 Å². The summed E-state index contributed by atoms with van der Waals surface area (Å²) in [5.41, 5.74) is 5.69. The van der Waals surface area contributed by atoms with Crippen molar-refractivity contribution in [3.05, 3.63) is 5.82 Å². The molecule has 0 bridgehead atoms. The Labute approximate surface area is 108 Å². The molecule has 0 aromatic carbocycles. The van der Waals surface area contributed by atoms with E-state index in [9.17, 15) is 0 Å². The SMILES string of the molecule is CCCOCc1nc(N2CCC(CN)CC2)n[nH]1. The van der Waals surface area contributed by atoms with Gasteiger partial charge in [0, 0.05) is 19.7 Å². The molecule has 2 rings (SSSR count). The lowest BCUT2D eigenvalue weighted by molar-refractivity contribution is 0.116. The summed E-state index contributed by atoms with van der Waals surface area (Å²) < 4.78 is 5.44. The van der Waals surface area contributed by atoms with Crippen LogP contribution in [0.5, 0.6) is 0 Å². The first kappa shape index (κ1) is 13.3. The van der Waals surface area contributed by atoms with Gasteiger partial charge < -0.3 is 15.4 Å². The number of aromatic amines is 1. The van der Waals surface area contributed by atoms with Crippen molar-refractivity contribution in [1.29, 1.82) is 0 Å². The Balaban J connectivity index is 1.82. The monoisotopic (exact) mass is 253 g/mol. The molecule has 102 valence electrons. The lowest BCUT2D eigenvalue weighted by Gasteiger charge is -2.30. The molecule has 1 saturated heterocycles. The average molecular weight is 253 g/mol. The maximum atomic E-state index is 5.69. The number of piperidine rings is 1. The van der Waals surface area contributed by atoms with Gasteiger partial charge in [-0.2, -0.15) is 4.98 Å². The fraction of sp³-hybridized carbons (Fsp3) is 0.833. The summed E-state index contributed by atoms with van der Waals surface area (Å²) in [6.45, 7) is 6.15. The van der Waals surface area contributed by atoms with Gasteiger partial charge in [0.25, 0.3) is 0 Å². The molecule has 6 nitrogen and oxygen atoms in total. The molecule has 0 aliphatic carbocycles. The zero-order valence-corrected chi connectivity index (χ0v) is 11.1. The number of hydrogen-bond acceptors (Lipinski definition) is 5. The molecule has 1 fully saturated rings. The Kier molecular flexibility index (Phi) is 4.95. The van der Waals surface area contributed by atoms with E-state index in [2.05, 4.69) is 27.0 Å². The second kappa shape index (κ2) is 6.70. The number of nitrogens with one attached hydrogen (secondary N) is 1. The molecular weight excluding hydrogens is 230 g/mol. The number of hydrogen-bond donors (Lipinski definition) is 2. The number of anilines is 1. The highest BCUT2D eigenvalue weighted by atomic mass is 16.5. The Hall–Kier alpha value is -1.14. The molecular formula is C12H23N5O. The van der Waals surface area contributed by atoms with E-state index in [1.165, 1.54) is 0 Å². The first-order valence-corrected chi connectivity index (χ1v) is 6.77. The molecule has 0 saturated carbocycles. The van der Waals surface area contributed by atoms with Crippen LogP contribution in [-0.4, -0.2) is 41.4 Å². The maximum absolute atomic E-state index is 5.69. The Morgan fingerprint density at radius 3 is 2.89 bits per heavy atom. The van der Waals surface area contributed by atoms with Gasteiger partial charge in [-0.3, -0.25) is 5.10 Å². The van der Waals surface area contributed by atoms with Gasteiger partial charge in [-0.05, 0) is 31.7 Å². The first-order chi connectivity index (χ1) is 8.83. The predicted octanol–water partition coefficient (Wildman–Crippen LogP) is 0.906. The van der Waals surface area contributed by atoms with Crippen molar-refractivity contribution >= 4 is 5.95 Å². The van der Waals surface area contributed by atoms with Crippen LogP contribution in [0.1, 0.15) is 32.0 Å². The van der Waals surface area contributed by atoms with Crippen molar-refractivity contribution < 1.29 is 4.74 Å². The molecule has 3 N–H and O–H groups in total. The first-order valence-electron chi connectivity index (χ1n) is 6.77. The van der Waals surface area contributed by atoms with Crippen LogP contribution < -0.4 is 10.6 Å². The third kappa shape index (κ3) is 3.43. The summed E-state index contributed by atoms with van der Waals surface area (Å²) in [4.78, 5) is 6.67. The molecule has 0 spiro atoms. The second-order valence-electron chi connectivity index (χ2n) is 4.80. The smallest absolute Gasteiger partial charge is 0.244 e. The van der Waals surface area contributed by atoms with Gasteiger partial charge in [-0.15, -0.1) is 5.10 Å². The van der Waals surface area contributed by atoms with Crippen molar-refractivity contribution in [2.24, 2.45) is 11.7 Å². The van der Waals surface area contributed by atoms with E-state index in [0.29, 0.717) is 12.5 Å². The lowest BCUT2D eigenvalue weighted by Crippen LogP contribution is -2.36. The van der Waals surface area contributed by atoms with E-state index in [0.717, 1.165) is 57.3 Å². The minimum atomic E-state index is 0.514. The highest BCUT2D eigenvalue weighted by Crippen LogP contribution is 2.19. The van der Waals surface area contributed by atoms with E-state index >= 15 is 0 Å². The molecule has 1 aliphatic rings. The zero-order valence-electron chi connectivity index (χ0n) is 11.1. The number of nitrogens with zero attached hydrogens (tertiary/aromatic N) is 3. The van der Waals surface area contributed by atoms with Crippen LogP contribution in [0.4, 0.5) is 5.95 Å². The lowest BCUT2D eigenvalue weighted by atomic mass is 9.97. The summed E-state index contributed by atoms with van der Waals surface area (Å²) in [5.74, 6) is 2.26. The highest BCUT2D eigenvalue weighted by Gasteiger charge is 2.20. The zero-order chi connectivity index (χ0) is 12.8. The van der Waals surface area contributed by atoms with E-state index < -0.39 is 0 Å². The largest absolute Gasteiger partial charge is 0.373 e. The molecule has 1 aromatic heterocycles. The normalized spacial score (nSPS) is 17.3. The van der Waals surface area contributed by atoms with Crippen LogP contribution >= 0.6 is 0 Å². The predicted molar refractivity (Wildman–Crippen MR) is 70.3 cm³/mol. The van der Waals surface area contributed by atoms with Gasteiger partial charge in [-0.25, -0.2) is 0 Å². The van der Waals surface area contributed by atoms with E-state index in [1.54, 1.807) is 0 Å². The minimum absolute atomic E-state index is 0.514. The van der Waals surface area contributed by atoms with Gasteiger partial charge in [0.2, 0.25) is 5.95 Å². The number of rotatable bonds is 6. The maximum Gasteiger partial charge on any atom is 0.244 e. The molecule has 0 radical (unpaired) electrons. The van der Waals surface area contributed by atoms with Gasteiger partial charge in [0.05, 0.1) is 0 Å². The van der Waals surface area contributed by atoms with Gasteiger partial charge in [0.15, 0.2) is 5.82 Å². The van der Waals surface area contributed by atoms with E-state index in [1.807, 2.05) is 0 Å². The van der Waals surface area contributed by atoms with Crippen molar-refractivity contribution in [1.82, 2.24) is 15.2 Å². The van der Waals surface area contributed by atoms with Crippen LogP contribution in [0.25, 0.3) is 0 Å². The molecule has 1 aliphatic heterocycles. The summed E-state index contributed by atoms with van der Waals surface area (Å²) in [5, 5.41) is 7.18. The third-order valence-electron chi connectivity index (χ3n) is 3.34. The quantitative estimate of drug-likeness (QED) is 0.736. The van der Waals surface area contributed by atoms with Gasteiger partial charge in [-0.1, -0.05) is 6.92 Å². The van der Waals surface area contributed by atoms with Crippen molar-refractivity contribution in [2.75, 3.05) is 31.1 Å². The topological polar surface area (TPSA) is 80.1 Å². The number of ether oxygens (including phenoxy) is 1. The van der Waals surface area contributed by atoms with Gasteiger partial charge in [0.1, 0.15) is 6.61 Å². The standard InChI is InChI=1S/C12H23N5O/c1-2-7-18-9-11-14-12(16-15-11)17-5-3-10(8-13)4-6-17/h10H,2-9,13H2,1H3,(H,14,15,16). The van der Waals surface area contributed by atoms with Gasteiger partial charge >= 0.3 is 0 Å². The second-order valence-corrected chi connectivity index (χ2v) is 4.80. The number of nitrogens with two attached hydrogens (primary N) is 1. The Bertz CT molecular complexity index is 346. The average Bonchev–Trinajstić information content (AvgIpc) is 2.88. The fourth-order valence-corrected chi connectivity index (χ4v) is 2.17. The molecule has 0 unspecified atom stereocenters. The van der Waals surface area contributed by atoms with Crippen molar-refractivity contribution in [2.45, 2.75) is 32.8 Å². The number of H-pyrrole nitrogens is 1. The summed E-state index contributed by atoms with van der Waals surface area (Å²) in [6.07, 6.45) is 3.28. The van der Waals surface area contributed by atoms with Crippen LogP contribution in [0.2, 0.25) is 0 Å². The van der Waals surface area contributed by atoms with E-state index in [4.69, 9.17) is 10.5 Å². The summed E-state index contributed by atoms with van der Waals surface area (Å²) >= 11 is 0. The van der Waals surface area contributed by atoms with Crippen LogP contribution in [0.15, 0.2) is 0 Å². The molecule has 0 atom stereocenters. The highest BCUT2D eigenvalue weighted by molar-refractivity contribution is 5.29. The molecule has 0 amide bonds.